The fraction of sp³-hybridized carbons (Fsp3) is 0.500. The molecule has 0 bridgehead atoms. The number of anilines is 1. The van der Waals surface area contributed by atoms with Crippen LogP contribution < -0.4 is 4.90 Å². The summed E-state index contributed by atoms with van der Waals surface area (Å²) in [6.07, 6.45) is 2.68. The first-order chi connectivity index (χ1) is 16.8. The largest absolute Gasteiger partial charge is 0.444 e. The highest BCUT2D eigenvalue weighted by atomic mass is 35.5. The smallest absolute Gasteiger partial charge is 0.410 e. The summed E-state index contributed by atoms with van der Waals surface area (Å²) in [5.41, 5.74) is 2.08. The number of ether oxygens (including phenoxy) is 2. The summed E-state index contributed by atoms with van der Waals surface area (Å²) in [6.45, 7) is 8.43. The normalized spacial score (nSPS) is 19.1. The summed E-state index contributed by atoms with van der Waals surface area (Å²) in [6, 6.07) is 13.8. The number of fused-ring (bicyclic) bond motifs is 1. The Kier molecular flexibility index (Phi) is 6.59. The first kappa shape index (κ1) is 23.9. The van der Waals surface area contributed by atoms with Crippen molar-refractivity contribution in [3.63, 3.8) is 0 Å². The molecule has 1 amide bonds. The minimum atomic E-state index is -0.544. The summed E-state index contributed by atoms with van der Waals surface area (Å²) < 4.78 is 13.3. The number of carbonyl (C=O) groups excluding carboxylic acids is 1. The number of hydrogen-bond acceptors (Lipinski definition) is 6. The van der Waals surface area contributed by atoms with E-state index in [1.807, 2.05) is 51.1 Å². The molecule has 0 aliphatic carbocycles. The monoisotopic (exact) mass is 497 g/mol. The molecule has 5 rings (SSSR count). The molecule has 0 saturated carbocycles. The number of amides is 1. The van der Waals surface area contributed by atoms with Crippen LogP contribution >= 0.6 is 11.6 Å². The molecule has 9 heteroatoms. The first-order valence-corrected chi connectivity index (χ1v) is 12.6. The summed E-state index contributed by atoms with van der Waals surface area (Å²) in [7, 11) is 0. The van der Waals surface area contributed by atoms with Gasteiger partial charge in [0.15, 0.2) is 5.65 Å². The number of hydrogen-bond donors (Lipinski definition) is 0. The van der Waals surface area contributed by atoms with E-state index in [0.29, 0.717) is 24.0 Å². The maximum atomic E-state index is 12.9. The fourth-order valence-electron chi connectivity index (χ4n) is 4.57. The van der Waals surface area contributed by atoms with Gasteiger partial charge in [0, 0.05) is 31.8 Å². The van der Waals surface area contributed by atoms with Gasteiger partial charge in [-0.1, -0.05) is 41.9 Å². The van der Waals surface area contributed by atoms with Crippen molar-refractivity contribution in [1.82, 2.24) is 19.5 Å². The third kappa shape index (κ3) is 5.38. The van der Waals surface area contributed by atoms with Crippen LogP contribution in [0, 0.1) is 0 Å². The second-order valence-corrected chi connectivity index (χ2v) is 10.7. The van der Waals surface area contributed by atoms with Gasteiger partial charge in [0.05, 0.1) is 24.4 Å². The molecule has 0 spiro atoms. The molecule has 35 heavy (non-hydrogen) atoms. The van der Waals surface area contributed by atoms with Gasteiger partial charge in [-0.2, -0.15) is 5.10 Å². The molecule has 2 aliphatic rings. The maximum absolute atomic E-state index is 12.9. The molecule has 4 heterocycles. The molecule has 3 aromatic rings. The number of carbonyl (C=O) groups is 1. The summed E-state index contributed by atoms with van der Waals surface area (Å²) in [5, 5.41) is 5.21. The van der Waals surface area contributed by atoms with E-state index < -0.39 is 5.60 Å². The number of rotatable bonds is 5. The van der Waals surface area contributed by atoms with E-state index in [9.17, 15) is 4.79 Å². The van der Waals surface area contributed by atoms with Crippen LogP contribution in [0.3, 0.4) is 0 Å². The van der Waals surface area contributed by atoms with Gasteiger partial charge in [0.25, 0.3) is 0 Å². The van der Waals surface area contributed by atoms with Crippen LogP contribution in [0.15, 0.2) is 42.5 Å². The van der Waals surface area contributed by atoms with E-state index in [0.717, 1.165) is 43.9 Å². The zero-order chi connectivity index (χ0) is 24.6. The van der Waals surface area contributed by atoms with Crippen LogP contribution in [0.1, 0.15) is 57.3 Å². The standard InChI is InChI=1S/C26H32ClN5O3/c1-26(2,3)35-25(33)31-12-8-7-11-21(31)20-13-24-28-23(14-22(27)32(24)29-20)30-15-19(16-30)34-17-18-9-5-4-6-10-18/h4-6,9-10,13-14,19,21H,7-8,11-12,15-17H2,1-3H3. The lowest BCUT2D eigenvalue weighted by atomic mass is 10.00. The van der Waals surface area contributed by atoms with Crippen LogP contribution in [-0.4, -0.2) is 56.9 Å². The Balaban J connectivity index is 1.28. The third-order valence-corrected chi connectivity index (χ3v) is 6.63. The predicted octanol–water partition coefficient (Wildman–Crippen LogP) is 5.25. The van der Waals surface area contributed by atoms with E-state index in [1.165, 1.54) is 5.56 Å². The first-order valence-electron chi connectivity index (χ1n) is 12.2. The van der Waals surface area contributed by atoms with Crippen LogP contribution in [0.2, 0.25) is 5.15 Å². The molecule has 2 aromatic heterocycles. The third-order valence-electron chi connectivity index (χ3n) is 6.36. The minimum absolute atomic E-state index is 0.153. The molecular formula is C26H32ClN5O3. The lowest BCUT2D eigenvalue weighted by molar-refractivity contribution is 0.00897. The number of nitrogens with zero attached hydrogens (tertiary/aromatic N) is 5. The number of halogens is 1. The van der Waals surface area contributed by atoms with E-state index in [-0.39, 0.29) is 18.2 Å². The van der Waals surface area contributed by atoms with E-state index in [1.54, 1.807) is 9.42 Å². The maximum Gasteiger partial charge on any atom is 0.410 e. The van der Waals surface area contributed by atoms with Gasteiger partial charge in [-0.15, -0.1) is 0 Å². The second-order valence-electron chi connectivity index (χ2n) is 10.3. The lowest BCUT2D eigenvalue weighted by Gasteiger charge is -2.39. The van der Waals surface area contributed by atoms with Crippen molar-refractivity contribution in [1.29, 1.82) is 0 Å². The van der Waals surface area contributed by atoms with Crippen LogP contribution in [0.5, 0.6) is 0 Å². The molecule has 1 unspecified atom stereocenters. The summed E-state index contributed by atoms with van der Waals surface area (Å²) >= 11 is 6.60. The SMILES string of the molecule is CC(C)(C)OC(=O)N1CCCCC1c1cc2nc(N3CC(OCc4ccccc4)C3)cc(Cl)n2n1. The molecule has 186 valence electrons. The Morgan fingerprint density at radius 2 is 1.91 bits per heavy atom. The average Bonchev–Trinajstić information content (AvgIpc) is 3.22. The van der Waals surface area contributed by atoms with Crippen LogP contribution in [0.25, 0.3) is 5.65 Å². The van der Waals surface area contributed by atoms with Gasteiger partial charge in [-0.3, -0.25) is 4.90 Å². The highest BCUT2D eigenvalue weighted by molar-refractivity contribution is 6.30. The molecule has 8 nitrogen and oxygen atoms in total. The Hall–Kier alpha value is -2.84. The Bertz CT molecular complexity index is 1190. The van der Waals surface area contributed by atoms with Gasteiger partial charge in [-0.25, -0.2) is 14.3 Å². The van der Waals surface area contributed by atoms with E-state index in [4.69, 9.17) is 31.2 Å². The number of benzene rings is 1. The molecule has 2 aliphatic heterocycles. The number of aromatic nitrogens is 3. The van der Waals surface area contributed by atoms with Crippen molar-refractivity contribution in [2.24, 2.45) is 0 Å². The van der Waals surface area contributed by atoms with E-state index >= 15 is 0 Å². The van der Waals surface area contributed by atoms with Gasteiger partial charge >= 0.3 is 6.09 Å². The molecule has 1 aromatic carbocycles. The Morgan fingerprint density at radius 1 is 1.14 bits per heavy atom. The predicted molar refractivity (Wildman–Crippen MR) is 135 cm³/mol. The van der Waals surface area contributed by atoms with Gasteiger partial charge in [-0.05, 0) is 45.6 Å². The topological polar surface area (TPSA) is 72.2 Å². The fourth-order valence-corrected chi connectivity index (χ4v) is 4.79. The number of piperidine rings is 1. The molecule has 2 fully saturated rings. The van der Waals surface area contributed by atoms with Crippen molar-refractivity contribution >= 4 is 29.2 Å². The molecular weight excluding hydrogens is 466 g/mol. The van der Waals surface area contributed by atoms with E-state index in [2.05, 4.69) is 17.0 Å². The molecule has 0 radical (unpaired) electrons. The van der Waals surface area contributed by atoms with Crippen molar-refractivity contribution in [3.8, 4) is 0 Å². The quantitative estimate of drug-likeness (QED) is 0.448. The average molecular weight is 498 g/mol. The van der Waals surface area contributed by atoms with Gasteiger partial charge in [0.2, 0.25) is 0 Å². The van der Waals surface area contributed by atoms with Crippen molar-refractivity contribution in [2.75, 3.05) is 24.5 Å². The zero-order valence-electron chi connectivity index (χ0n) is 20.5. The summed E-state index contributed by atoms with van der Waals surface area (Å²) in [5.74, 6) is 0.807. The molecule has 1 atom stereocenters. The second kappa shape index (κ2) is 9.66. The summed E-state index contributed by atoms with van der Waals surface area (Å²) in [4.78, 5) is 21.6. The minimum Gasteiger partial charge on any atom is -0.444 e. The van der Waals surface area contributed by atoms with Gasteiger partial charge < -0.3 is 14.4 Å². The Labute approximate surface area is 210 Å². The van der Waals surface area contributed by atoms with Crippen molar-refractivity contribution in [3.05, 3.63) is 58.9 Å². The van der Waals surface area contributed by atoms with Crippen molar-refractivity contribution < 1.29 is 14.3 Å². The number of likely N-dealkylation sites (tertiary alicyclic amines) is 1. The molecule has 0 N–H and O–H groups in total. The molecule has 2 saturated heterocycles. The van der Waals surface area contributed by atoms with Gasteiger partial charge in [0.1, 0.15) is 16.6 Å². The Morgan fingerprint density at radius 3 is 2.66 bits per heavy atom. The van der Waals surface area contributed by atoms with Crippen molar-refractivity contribution in [2.45, 2.75) is 64.4 Å². The van der Waals surface area contributed by atoms with Crippen LogP contribution in [-0.2, 0) is 16.1 Å². The lowest BCUT2D eigenvalue weighted by Crippen LogP contribution is -2.52. The highest BCUT2D eigenvalue weighted by Gasteiger charge is 2.34. The highest BCUT2D eigenvalue weighted by Crippen LogP contribution is 2.33. The van der Waals surface area contributed by atoms with Crippen LogP contribution in [0.4, 0.5) is 10.6 Å². The zero-order valence-corrected chi connectivity index (χ0v) is 21.2.